The van der Waals surface area contributed by atoms with E-state index >= 15 is 0 Å². The highest BCUT2D eigenvalue weighted by Crippen LogP contribution is 2.26. The summed E-state index contributed by atoms with van der Waals surface area (Å²) >= 11 is 6.27. The van der Waals surface area contributed by atoms with Gasteiger partial charge in [-0.1, -0.05) is 36.2 Å². The van der Waals surface area contributed by atoms with Gasteiger partial charge in [0.25, 0.3) is 0 Å². The minimum absolute atomic E-state index is 0.214. The number of nitrogens with zero attached hydrogens (tertiary/aromatic N) is 4. The molecule has 1 aliphatic rings. The van der Waals surface area contributed by atoms with Gasteiger partial charge >= 0.3 is 6.09 Å². The van der Waals surface area contributed by atoms with Crippen LogP contribution in [0.2, 0.25) is 5.02 Å². The lowest BCUT2D eigenvalue weighted by Crippen LogP contribution is -2.21. The average molecular weight is 515 g/mol. The van der Waals surface area contributed by atoms with Crippen LogP contribution >= 0.6 is 11.6 Å². The topological polar surface area (TPSA) is 69.9 Å². The Morgan fingerprint density at radius 1 is 1.03 bits per heavy atom. The molecule has 1 unspecified atom stereocenters. The molecule has 0 aliphatic heterocycles. The Morgan fingerprint density at radius 3 is 2.70 bits per heavy atom. The van der Waals surface area contributed by atoms with Crippen molar-refractivity contribution in [3.63, 3.8) is 0 Å². The van der Waals surface area contributed by atoms with Crippen molar-refractivity contribution in [3.05, 3.63) is 100 Å². The molecule has 6 nitrogen and oxygen atoms in total. The molecule has 4 heterocycles. The molecule has 37 heavy (non-hydrogen) atoms. The van der Waals surface area contributed by atoms with Gasteiger partial charge in [-0.25, -0.2) is 14.3 Å². The van der Waals surface area contributed by atoms with E-state index in [1.807, 2.05) is 43.7 Å². The molecule has 1 atom stereocenters. The SMILES string of the molecule is Cc1ccc(CCc2ccc(Cc3cn(C(=O)OC4/C=C/CCCCC4)c4ncc(Cl)cc34)cn2)cn1. The van der Waals surface area contributed by atoms with Crippen LogP contribution in [0.3, 0.4) is 0 Å². The number of allylic oxidation sites excluding steroid dienone is 1. The number of halogens is 1. The van der Waals surface area contributed by atoms with Crippen LogP contribution in [0.1, 0.15) is 60.2 Å². The second-order valence-corrected chi connectivity index (χ2v) is 10.1. The van der Waals surface area contributed by atoms with E-state index in [0.29, 0.717) is 17.1 Å². The molecular weight excluding hydrogens is 484 g/mol. The van der Waals surface area contributed by atoms with E-state index in [1.165, 1.54) is 16.6 Å². The Labute approximate surface area is 222 Å². The quantitative estimate of drug-likeness (QED) is 0.258. The first kappa shape index (κ1) is 25.2. The fourth-order valence-electron chi connectivity index (χ4n) is 4.69. The van der Waals surface area contributed by atoms with Crippen LogP contribution in [0.5, 0.6) is 0 Å². The molecule has 0 N–H and O–H groups in total. The monoisotopic (exact) mass is 514 g/mol. The number of rotatable bonds is 6. The molecule has 4 aromatic rings. The highest BCUT2D eigenvalue weighted by molar-refractivity contribution is 6.31. The predicted molar refractivity (Wildman–Crippen MR) is 146 cm³/mol. The second kappa shape index (κ2) is 11.7. The fourth-order valence-corrected chi connectivity index (χ4v) is 4.84. The highest BCUT2D eigenvalue weighted by atomic mass is 35.5. The molecule has 0 aromatic carbocycles. The largest absolute Gasteiger partial charge is 0.441 e. The summed E-state index contributed by atoms with van der Waals surface area (Å²) in [7, 11) is 0. The van der Waals surface area contributed by atoms with Crippen molar-refractivity contribution >= 4 is 28.7 Å². The Kier molecular flexibility index (Phi) is 7.95. The zero-order valence-electron chi connectivity index (χ0n) is 21.1. The maximum atomic E-state index is 13.1. The predicted octanol–water partition coefficient (Wildman–Crippen LogP) is 7.04. The van der Waals surface area contributed by atoms with Gasteiger partial charge in [0, 0.05) is 48.0 Å². The molecule has 7 heteroatoms. The number of carbonyl (C=O) groups is 1. The van der Waals surface area contributed by atoms with Crippen LogP contribution in [-0.2, 0) is 24.0 Å². The average Bonchev–Trinajstić information content (AvgIpc) is 3.23. The first-order valence-electron chi connectivity index (χ1n) is 12.9. The number of fused-ring (bicyclic) bond motifs is 1. The van der Waals surface area contributed by atoms with Gasteiger partial charge in [-0.2, -0.15) is 0 Å². The molecule has 0 bridgehead atoms. The Balaban J connectivity index is 1.31. The summed E-state index contributed by atoms with van der Waals surface area (Å²) in [6.45, 7) is 1.99. The normalized spacial score (nSPS) is 16.8. The van der Waals surface area contributed by atoms with E-state index in [1.54, 1.807) is 6.20 Å². The summed E-state index contributed by atoms with van der Waals surface area (Å²) in [6.07, 6.45) is 18.3. The lowest BCUT2D eigenvalue weighted by molar-refractivity contribution is 0.115. The van der Waals surface area contributed by atoms with Crippen molar-refractivity contribution in [2.45, 2.75) is 64.4 Å². The fraction of sp³-hybridized carbons (Fsp3) is 0.333. The zero-order valence-corrected chi connectivity index (χ0v) is 21.8. The van der Waals surface area contributed by atoms with Gasteiger partial charge in [0.05, 0.1) is 5.02 Å². The Hall–Kier alpha value is -3.51. The molecule has 0 saturated heterocycles. The van der Waals surface area contributed by atoms with E-state index < -0.39 is 6.09 Å². The molecule has 0 radical (unpaired) electrons. The molecule has 190 valence electrons. The molecule has 0 amide bonds. The standard InChI is InChI=1S/C30H31ClN4O2/c1-21-9-10-22(17-32-21)11-13-26-14-12-23(18-33-26)15-24-20-35(29-28(24)16-25(31)19-34-29)30(36)37-27-7-5-3-2-4-6-8-27/h5,7,9-10,12,14,16-20,27H,2-4,6,8,11,13,15H2,1H3/b7-5+. The van der Waals surface area contributed by atoms with Gasteiger partial charge < -0.3 is 4.74 Å². The summed E-state index contributed by atoms with van der Waals surface area (Å²) in [5.74, 6) is 0. The van der Waals surface area contributed by atoms with E-state index in [2.05, 4.69) is 39.2 Å². The number of hydrogen-bond acceptors (Lipinski definition) is 5. The number of aryl methyl sites for hydroxylation is 3. The molecule has 4 aromatic heterocycles. The van der Waals surface area contributed by atoms with E-state index in [-0.39, 0.29) is 6.10 Å². The number of hydrogen-bond donors (Lipinski definition) is 0. The zero-order chi connectivity index (χ0) is 25.6. The van der Waals surface area contributed by atoms with E-state index in [4.69, 9.17) is 16.3 Å². The third kappa shape index (κ3) is 6.44. The van der Waals surface area contributed by atoms with Crippen LogP contribution in [0, 0.1) is 6.92 Å². The van der Waals surface area contributed by atoms with Crippen LogP contribution < -0.4 is 0 Å². The van der Waals surface area contributed by atoms with Crippen LogP contribution in [0.15, 0.2) is 67.3 Å². The minimum Gasteiger partial charge on any atom is -0.441 e. The van der Waals surface area contributed by atoms with Crippen molar-refractivity contribution in [1.29, 1.82) is 0 Å². The van der Waals surface area contributed by atoms with Crippen LogP contribution in [-0.4, -0.2) is 31.7 Å². The first-order chi connectivity index (χ1) is 18.0. The van der Waals surface area contributed by atoms with E-state index in [0.717, 1.165) is 66.4 Å². The van der Waals surface area contributed by atoms with E-state index in [9.17, 15) is 4.79 Å². The molecule has 0 fully saturated rings. The third-order valence-corrected chi connectivity index (χ3v) is 6.98. The van der Waals surface area contributed by atoms with Gasteiger partial charge in [-0.15, -0.1) is 0 Å². The van der Waals surface area contributed by atoms with Gasteiger partial charge in [-0.05, 0) is 86.4 Å². The Morgan fingerprint density at radius 2 is 1.89 bits per heavy atom. The molecule has 0 saturated carbocycles. The van der Waals surface area contributed by atoms with Crippen LogP contribution in [0.4, 0.5) is 4.79 Å². The number of pyridine rings is 3. The van der Waals surface area contributed by atoms with Crippen LogP contribution in [0.25, 0.3) is 11.0 Å². The second-order valence-electron chi connectivity index (χ2n) is 9.68. The Bertz CT molecular complexity index is 1390. The number of aromatic nitrogens is 4. The lowest BCUT2D eigenvalue weighted by atomic mass is 10.0. The first-order valence-corrected chi connectivity index (χ1v) is 13.3. The summed E-state index contributed by atoms with van der Waals surface area (Å²) in [4.78, 5) is 26.6. The molecule has 1 aliphatic carbocycles. The van der Waals surface area contributed by atoms with Gasteiger partial charge in [0.15, 0.2) is 0 Å². The number of carbonyl (C=O) groups excluding carboxylic acids is 1. The van der Waals surface area contributed by atoms with Crippen molar-refractivity contribution in [2.75, 3.05) is 0 Å². The minimum atomic E-state index is -0.416. The molecule has 5 rings (SSSR count). The van der Waals surface area contributed by atoms with Gasteiger partial charge in [-0.3, -0.25) is 9.97 Å². The third-order valence-electron chi connectivity index (χ3n) is 6.77. The van der Waals surface area contributed by atoms with Gasteiger partial charge in [0.2, 0.25) is 0 Å². The summed E-state index contributed by atoms with van der Waals surface area (Å²) < 4.78 is 7.35. The van der Waals surface area contributed by atoms with Crippen molar-refractivity contribution in [1.82, 2.24) is 19.5 Å². The maximum absolute atomic E-state index is 13.1. The summed E-state index contributed by atoms with van der Waals surface area (Å²) in [5.41, 5.74) is 5.82. The van der Waals surface area contributed by atoms with Crippen molar-refractivity contribution in [2.24, 2.45) is 0 Å². The summed E-state index contributed by atoms with van der Waals surface area (Å²) in [5, 5.41) is 1.37. The van der Waals surface area contributed by atoms with Crippen molar-refractivity contribution in [3.8, 4) is 0 Å². The number of ether oxygens (including phenoxy) is 1. The smallest absolute Gasteiger partial charge is 0.420 e. The molecular formula is C30H31ClN4O2. The summed E-state index contributed by atoms with van der Waals surface area (Å²) in [6, 6.07) is 10.2. The lowest BCUT2D eigenvalue weighted by Gasteiger charge is -2.16. The van der Waals surface area contributed by atoms with Crippen molar-refractivity contribution < 1.29 is 9.53 Å². The maximum Gasteiger partial charge on any atom is 0.420 e. The molecule has 0 spiro atoms. The highest BCUT2D eigenvalue weighted by Gasteiger charge is 2.20. The van der Waals surface area contributed by atoms with Gasteiger partial charge in [0.1, 0.15) is 11.8 Å².